The molecule has 0 radical (unpaired) electrons. The molecule has 0 nitrogen and oxygen atoms in total. The van der Waals surface area contributed by atoms with Crippen LogP contribution in [0.2, 0.25) is 0 Å². The Balaban J connectivity index is 1.29. The van der Waals surface area contributed by atoms with Crippen LogP contribution in [0.5, 0.6) is 0 Å². The Labute approximate surface area is 196 Å². The molecular weight excluding hydrogens is 422 g/mol. The van der Waals surface area contributed by atoms with E-state index in [1.165, 1.54) is 55.6 Å². The van der Waals surface area contributed by atoms with Crippen molar-refractivity contribution in [3.8, 4) is 22.3 Å². The second-order valence-corrected chi connectivity index (χ2v) is 9.43. The third-order valence-electron chi connectivity index (χ3n) is 6.25. The Kier molecular flexibility index (Phi) is 6.36. The number of hydrogen-bond donors (Lipinski definition) is 0. The number of benzene rings is 1. The minimum absolute atomic E-state index is 0.960. The average Bonchev–Trinajstić information content (AvgIpc) is 3.30. The maximum atomic E-state index is 2.81. The molecule has 0 amide bonds. The molecule has 4 aliphatic rings. The predicted octanol–water partition coefficient (Wildman–Crippen LogP) is 7.83. The summed E-state index contributed by atoms with van der Waals surface area (Å²) < 4.78 is 0. The first kappa shape index (κ1) is 21.3. The number of fused-ring (bicyclic) bond motifs is 2. The highest BCUT2D eigenvalue weighted by Gasteiger charge is 2.06. The molecule has 0 saturated heterocycles. The van der Waals surface area contributed by atoms with Gasteiger partial charge in [-0.15, -0.1) is 18.5 Å². The van der Waals surface area contributed by atoms with Crippen molar-refractivity contribution < 1.29 is 0 Å². The SMILES string of the molecule is PCc1cc2ccc(Cc3ccc(Cc4ccc5cc(CP)cc-5cc4)cc3)ccc-2c1. The summed E-state index contributed by atoms with van der Waals surface area (Å²) in [5.41, 5.74) is 13.5. The molecule has 5 rings (SSSR count). The third kappa shape index (κ3) is 4.78. The molecule has 0 bridgehead atoms. The van der Waals surface area contributed by atoms with E-state index in [0.29, 0.717) is 0 Å². The van der Waals surface area contributed by atoms with E-state index in [4.69, 9.17) is 0 Å². The summed E-state index contributed by atoms with van der Waals surface area (Å²) >= 11 is 0. The fourth-order valence-corrected chi connectivity index (χ4v) is 4.88. The van der Waals surface area contributed by atoms with Gasteiger partial charge in [0.1, 0.15) is 0 Å². The normalized spacial score (nSPS) is 11.3. The van der Waals surface area contributed by atoms with Crippen LogP contribution in [-0.4, -0.2) is 0 Å². The maximum Gasteiger partial charge on any atom is -0.00258 e. The van der Waals surface area contributed by atoms with Crippen LogP contribution in [0.15, 0.2) is 97.1 Å². The molecule has 0 spiro atoms. The number of rotatable bonds is 6. The van der Waals surface area contributed by atoms with Gasteiger partial charge in [0.15, 0.2) is 0 Å². The minimum Gasteiger partial charge on any atom is -0.133 e. The van der Waals surface area contributed by atoms with E-state index in [-0.39, 0.29) is 0 Å². The van der Waals surface area contributed by atoms with Crippen LogP contribution in [0.1, 0.15) is 33.4 Å². The van der Waals surface area contributed by atoms with Gasteiger partial charge in [-0.05, 0) is 80.8 Å². The van der Waals surface area contributed by atoms with E-state index in [2.05, 4.69) is 116 Å². The number of hydrogen-bond acceptors (Lipinski definition) is 0. The van der Waals surface area contributed by atoms with Gasteiger partial charge in [-0.3, -0.25) is 0 Å². The fourth-order valence-electron chi connectivity index (χ4n) is 4.41. The molecule has 32 heavy (non-hydrogen) atoms. The van der Waals surface area contributed by atoms with E-state index in [9.17, 15) is 0 Å². The zero-order valence-corrected chi connectivity index (χ0v) is 20.5. The molecule has 4 aliphatic carbocycles. The van der Waals surface area contributed by atoms with Gasteiger partial charge in [-0.25, -0.2) is 0 Å². The smallest absolute Gasteiger partial charge is 0.00258 e. The molecule has 2 atom stereocenters. The lowest BCUT2D eigenvalue weighted by Gasteiger charge is -2.04. The van der Waals surface area contributed by atoms with Crippen molar-refractivity contribution in [1.82, 2.24) is 0 Å². The van der Waals surface area contributed by atoms with E-state index < -0.39 is 0 Å². The second-order valence-electron chi connectivity index (χ2n) is 8.61. The van der Waals surface area contributed by atoms with Crippen LogP contribution < -0.4 is 0 Å². The molecule has 2 unspecified atom stereocenters. The van der Waals surface area contributed by atoms with Crippen molar-refractivity contribution >= 4 is 18.5 Å². The summed E-state index contributed by atoms with van der Waals surface area (Å²) in [5.74, 6) is 0. The Morgan fingerprint density at radius 3 is 0.844 bits per heavy atom. The second kappa shape index (κ2) is 9.54. The Hall–Kier alpha value is -2.52. The quantitative estimate of drug-likeness (QED) is 0.231. The van der Waals surface area contributed by atoms with Crippen molar-refractivity contribution in [3.05, 3.63) is 130 Å². The van der Waals surface area contributed by atoms with Gasteiger partial charge < -0.3 is 0 Å². The first-order chi connectivity index (χ1) is 15.7. The topological polar surface area (TPSA) is 0 Å². The summed E-state index contributed by atoms with van der Waals surface area (Å²) in [6, 6.07) is 36.3. The van der Waals surface area contributed by atoms with E-state index in [0.717, 1.165) is 25.2 Å². The van der Waals surface area contributed by atoms with Gasteiger partial charge in [0.2, 0.25) is 0 Å². The van der Waals surface area contributed by atoms with Gasteiger partial charge in [0, 0.05) is 0 Å². The van der Waals surface area contributed by atoms with Crippen LogP contribution in [0, 0.1) is 0 Å². The molecule has 0 saturated carbocycles. The Morgan fingerprint density at radius 1 is 0.344 bits per heavy atom. The standard InChI is InChI=1S/C30H28P2/c31-19-25-15-27-9-5-23(6-10-28(27)16-25)13-21-1-2-22(4-3-21)14-24-7-11-29-17-26(20-32)18-30(29)12-8-24/h1-12,15-18H,13-14,19-20,31-32H2. The Bertz CT molecular complexity index is 1120. The van der Waals surface area contributed by atoms with Crippen LogP contribution >= 0.6 is 18.5 Å². The summed E-state index contributed by atoms with van der Waals surface area (Å²) in [6.07, 6.45) is 3.94. The van der Waals surface area contributed by atoms with Crippen molar-refractivity contribution in [2.24, 2.45) is 0 Å². The van der Waals surface area contributed by atoms with Crippen LogP contribution in [0.25, 0.3) is 22.3 Å². The monoisotopic (exact) mass is 450 g/mol. The van der Waals surface area contributed by atoms with Gasteiger partial charge in [-0.2, -0.15) is 0 Å². The van der Waals surface area contributed by atoms with Crippen molar-refractivity contribution in [3.63, 3.8) is 0 Å². The van der Waals surface area contributed by atoms with Gasteiger partial charge in [-0.1, -0.05) is 97.1 Å². The van der Waals surface area contributed by atoms with Crippen LogP contribution in [0.3, 0.4) is 0 Å². The first-order valence-corrected chi connectivity index (χ1v) is 12.8. The predicted molar refractivity (Wildman–Crippen MR) is 145 cm³/mol. The largest absolute Gasteiger partial charge is 0.133 e. The molecule has 2 heteroatoms. The lowest BCUT2D eigenvalue weighted by Crippen LogP contribution is -1.90. The van der Waals surface area contributed by atoms with Crippen LogP contribution in [0.4, 0.5) is 0 Å². The van der Waals surface area contributed by atoms with Gasteiger partial charge in [0.05, 0.1) is 0 Å². The van der Waals surface area contributed by atoms with Crippen molar-refractivity contribution in [2.75, 3.05) is 0 Å². The zero-order valence-electron chi connectivity index (χ0n) is 18.2. The summed E-state index contributed by atoms with van der Waals surface area (Å²) in [7, 11) is 5.61. The van der Waals surface area contributed by atoms with Gasteiger partial charge in [0.25, 0.3) is 0 Å². The molecule has 1 aromatic rings. The highest BCUT2D eigenvalue weighted by molar-refractivity contribution is 7.15. The third-order valence-corrected chi connectivity index (χ3v) is 7.19. The molecular formula is C30H28P2. The Morgan fingerprint density at radius 2 is 0.594 bits per heavy atom. The minimum atomic E-state index is 0.960. The highest BCUT2D eigenvalue weighted by atomic mass is 31.0. The molecule has 0 aromatic heterocycles. The maximum absolute atomic E-state index is 2.81. The molecule has 1 aromatic carbocycles. The van der Waals surface area contributed by atoms with E-state index in [1.807, 2.05) is 0 Å². The molecule has 0 N–H and O–H groups in total. The molecule has 0 heterocycles. The molecule has 0 aliphatic heterocycles. The first-order valence-electron chi connectivity index (χ1n) is 11.2. The average molecular weight is 451 g/mol. The summed E-state index contributed by atoms with van der Waals surface area (Å²) in [6.45, 7) is 0. The van der Waals surface area contributed by atoms with Crippen LogP contribution in [-0.2, 0) is 25.2 Å². The summed E-state index contributed by atoms with van der Waals surface area (Å²) in [5, 5.41) is 0. The fraction of sp³-hybridized carbons (Fsp3) is 0.133. The van der Waals surface area contributed by atoms with E-state index >= 15 is 0 Å². The van der Waals surface area contributed by atoms with Gasteiger partial charge >= 0.3 is 0 Å². The van der Waals surface area contributed by atoms with Crippen molar-refractivity contribution in [2.45, 2.75) is 25.2 Å². The molecule has 0 fully saturated rings. The van der Waals surface area contributed by atoms with E-state index in [1.54, 1.807) is 0 Å². The highest BCUT2D eigenvalue weighted by Crippen LogP contribution is 2.28. The van der Waals surface area contributed by atoms with Crippen molar-refractivity contribution in [1.29, 1.82) is 0 Å². The molecule has 158 valence electrons. The summed E-state index contributed by atoms with van der Waals surface area (Å²) in [4.78, 5) is 0. The lowest BCUT2D eigenvalue weighted by molar-refractivity contribution is 1.16. The lowest BCUT2D eigenvalue weighted by atomic mass is 10.0. The zero-order chi connectivity index (χ0) is 21.9.